The Hall–Kier alpha value is -2.48. The molecule has 3 aromatic rings. The number of para-hydroxylation sites is 1. The van der Waals surface area contributed by atoms with Crippen LogP contribution < -0.4 is 5.32 Å². The van der Waals surface area contributed by atoms with E-state index < -0.39 is 8.32 Å². The van der Waals surface area contributed by atoms with Gasteiger partial charge in [0.15, 0.2) is 8.32 Å². The van der Waals surface area contributed by atoms with Crippen molar-refractivity contribution in [2.45, 2.75) is 64.9 Å². The van der Waals surface area contributed by atoms with Crippen molar-refractivity contribution in [2.75, 3.05) is 5.32 Å². The number of hydrogen-bond donors (Lipinski definition) is 2. The molecule has 0 fully saturated rings. The van der Waals surface area contributed by atoms with E-state index in [2.05, 4.69) is 93.9 Å². The Morgan fingerprint density at radius 2 is 1.87 bits per heavy atom. The van der Waals surface area contributed by atoms with E-state index in [4.69, 9.17) is 10.8 Å². The number of aromatic amines is 1. The molecule has 0 spiro atoms. The maximum Gasteiger partial charge on any atom is 0.184 e. The van der Waals surface area contributed by atoms with E-state index in [0.717, 1.165) is 22.2 Å². The van der Waals surface area contributed by atoms with Crippen LogP contribution in [0.15, 0.2) is 36.5 Å². The van der Waals surface area contributed by atoms with E-state index >= 15 is 0 Å². The van der Waals surface area contributed by atoms with Crippen molar-refractivity contribution in [3.8, 4) is 23.5 Å². The molecule has 0 unspecified atom stereocenters. The van der Waals surface area contributed by atoms with E-state index in [9.17, 15) is 0 Å². The number of fused-ring (bicyclic) bond motifs is 2. The summed E-state index contributed by atoms with van der Waals surface area (Å²) in [5.74, 6) is 3.24. The van der Waals surface area contributed by atoms with Gasteiger partial charge < -0.3 is 14.7 Å². The van der Waals surface area contributed by atoms with E-state index in [1.165, 1.54) is 22.2 Å². The molecule has 0 bridgehead atoms. The Balaban J connectivity index is 1.97. The minimum absolute atomic E-state index is 0.0553. The predicted octanol–water partition coefficient (Wildman–Crippen LogP) is 6.65. The molecule has 2 atom stereocenters. The van der Waals surface area contributed by atoms with Crippen molar-refractivity contribution in [1.29, 1.82) is 0 Å². The smallest absolute Gasteiger partial charge is 0.184 e. The van der Waals surface area contributed by atoms with Crippen LogP contribution >= 0.6 is 0 Å². The third-order valence-corrected chi connectivity index (χ3v) is 7.09. The van der Waals surface area contributed by atoms with Gasteiger partial charge in [-0.05, 0) is 69.1 Å². The van der Waals surface area contributed by atoms with E-state index in [1.54, 1.807) is 0 Å². The summed E-state index contributed by atoms with van der Waals surface area (Å²) in [7, 11) is -1.74. The summed E-state index contributed by atoms with van der Waals surface area (Å²) in [6, 6.07) is 10.7. The summed E-state index contributed by atoms with van der Waals surface area (Å²) < 4.78 is 6.71. The number of benzene rings is 2. The van der Waals surface area contributed by atoms with Gasteiger partial charge in [-0.15, -0.1) is 6.42 Å². The van der Waals surface area contributed by atoms with Crippen molar-refractivity contribution in [3.05, 3.63) is 53.2 Å². The molecule has 3 nitrogen and oxygen atoms in total. The third-order valence-electron chi connectivity index (χ3n) is 6.13. The van der Waals surface area contributed by atoms with Crippen LogP contribution in [0.2, 0.25) is 19.6 Å². The summed E-state index contributed by atoms with van der Waals surface area (Å²) in [4.78, 5) is 3.40. The highest BCUT2D eigenvalue weighted by Gasteiger charge is 2.44. The number of anilines is 1. The largest absolute Gasteiger partial charge is 0.412 e. The molecule has 0 saturated heterocycles. The van der Waals surface area contributed by atoms with E-state index in [1.807, 2.05) is 6.20 Å². The molecule has 0 aliphatic carbocycles. The van der Waals surface area contributed by atoms with Gasteiger partial charge in [0.1, 0.15) is 0 Å². The van der Waals surface area contributed by atoms with Crippen molar-refractivity contribution >= 4 is 24.9 Å². The number of aryl methyl sites for hydroxylation is 1. The standard InChI is InChI=1S/C26H32N2OSi/c1-9-19-21(20-12-10-11-18-13-14-27-24(18)20)15-16(2)23-22(19)17(3)25(26(4,5)28-23)29-30(6,7)8/h1,10-15,17,25,27-28H,2-8H3/t17-,25+/m1/s1. The minimum Gasteiger partial charge on any atom is -0.412 e. The molecule has 1 aliphatic rings. The average molecular weight is 417 g/mol. The summed E-state index contributed by atoms with van der Waals surface area (Å²) in [5.41, 5.74) is 7.77. The van der Waals surface area contributed by atoms with Crippen LogP contribution in [0.5, 0.6) is 0 Å². The van der Waals surface area contributed by atoms with Gasteiger partial charge in [-0.2, -0.15) is 0 Å². The monoisotopic (exact) mass is 416 g/mol. The second-order valence-electron chi connectivity index (χ2n) is 10.1. The van der Waals surface area contributed by atoms with Crippen LogP contribution in [-0.4, -0.2) is 24.9 Å². The molecule has 156 valence electrons. The van der Waals surface area contributed by atoms with Gasteiger partial charge in [0.2, 0.25) is 0 Å². The second kappa shape index (κ2) is 7.04. The second-order valence-corrected chi connectivity index (χ2v) is 14.5. The number of rotatable bonds is 3. The van der Waals surface area contributed by atoms with E-state index in [-0.39, 0.29) is 17.6 Å². The van der Waals surface area contributed by atoms with Gasteiger partial charge in [-0.1, -0.05) is 31.0 Å². The fraction of sp³-hybridized carbons (Fsp3) is 0.385. The first-order valence-electron chi connectivity index (χ1n) is 10.7. The normalized spacial score (nSPS) is 20.5. The predicted molar refractivity (Wildman–Crippen MR) is 131 cm³/mol. The first-order valence-corrected chi connectivity index (χ1v) is 14.1. The number of hydrogen-bond acceptors (Lipinski definition) is 2. The van der Waals surface area contributed by atoms with Gasteiger partial charge in [0, 0.05) is 34.5 Å². The molecular weight excluding hydrogens is 384 g/mol. The SMILES string of the molecule is C#Cc1c(-c2cccc3cc[nH]c23)cc(C)c2c1[C@@H](C)[C@H](O[Si](C)(C)C)C(C)(C)N2. The Kier molecular flexibility index (Phi) is 4.88. The molecule has 2 N–H and O–H groups in total. The Labute approximate surface area is 181 Å². The molecule has 1 aliphatic heterocycles. The average Bonchev–Trinajstić information content (AvgIpc) is 3.13. The van der Waals surface area contributed by atoms with Crippen LogP contribution in [0, 0.1) is 19.3 Å². The quantitative estimate of drug-likeness (QED) is 0.370. The fourth-order valence-corrected chi connectivity index (χ4v) is 6.20. The Bertz CT molecular complexity index is 1160. The molecule has 0 amide bonds. The lowest BCUT2D eigenvalue weighted by Crippen LogP contribution is -2.54. The van der Waals surface area contributed by atoms with Crippen LogP contribution in [0.1, 0.15) is 43.4 Å². The lowest BCUT2D eigenvalue weighted by molar-refractivity contribution is 0.104. The minimum atomic E-state index is -1.74. The first kappa shape index (κ1) is 20.8. The van der Waals surface area contributed by atoms with Gasteiger partial charge in [0.25, 0.3) is 0 Å². The lowest BCUT2D eigenvalue weighted by atomic mass is 9.75. The molecule has 4 rings (SSSR count). The summed E-state index contributed by atoms with van der Waals surface area (Å²) in [5, 5.41) is 4.98. The Morgan fingerprint density at radius 3 is 2.53 bits per heavy atom. The number of terminal acetylenes is 1. The fourth-order valence-electron chi connectivity index (χ4n) is 4.94. The number of aromatic nitrogens is 1. The van der Waals surface area contributed by atoms with Crippen LogP contribution in [0.25, 0.3) is 22.0 Å². The summed E-state index contributed by atoms with van der Waals surface area (Å²) >= 11 is 0. The van der Waals surface area contributed by atoms with Crippen molar-refractivity contribution < 1.29 is 4.43 Å². The summed E-state index contributed by atoms with van der Waals surface area (Å²) in [6.07, 6.45) is 8.20. The van der Waals surface area contributed by atoms with Crippen molar-refractivity contribution in [3.63, 3.8) is 0 Å². The summed E-state index contributed by atoms with van der Waals surface area (Å²) in [6.45, 7) is 15.7. The van der Waals surface area contributed by atoms with Crippen molar-refractivity contribution in [1.82, 2.24) is 4.98 Å². The molecule has 4 heteroatoms. The lowest BCUT2D eigenvalue weighted by Gasteiger charge is -2.48. The highest BCUT2D eigenvalue weighted by Crippen LogP contribution is 2.47. The molecular formula is C26H32N2OSi. The van der Waals surface area contributed by atoms with E-state index in [0.29, 0.717) is 0 Å². The molecule has 0 saturated carbocycles. The third kappa shape index (κ3) is 3.36. The van der Waals surface area contributed by atoms with Gasteiger partial charge >= 0.3 is 0 Å². The molecule has 0 radical (unpaired) electrons. The van der Waals surface area contributed by atoms with Gasteiger partial charge in [0.05, 0.1) is 17.2 Å². The first-order chi connectivity index (χ1) is 14.0. The van der Waals surface area contributed by atoms with Crippen LogP contribution in [0.3, 0.4) is 0 Å². The van der Waals surface area contributed by atoms with Gasteiger partial charge in [-0.25, -0.2) is 0 Å². The topological polar surface area (TPSA) is 37.0 Å². The Morgan fingerprint density at radius 1 is 1.13 bits per heavy atom. The van der Waals surface area contributed by atoms with Gasteiger partial charge in [-0.3, -0.25) is 0 Å². The molecule has 1 aromatic heterocycles. The molecule has 2 aromatic carbocycles. The number of H-pyrrole nitrogens is 1. The zero-order chi connectivity index (χ0) is 21.8. The number of nitrogens with one attached hydrogen (secondary N) is 2. The highest BCUT2D eigenvalue weighted by atomic mass is 28.4. The maximum absolute atomic E-state index is 6.71. The van der Waals surface area contributed by atoms with Crippen LogP contribution in [-0.2, 0) is 4.43 Å². The van der Waals surface area contributed by atoms with Crippen molar-refractivity contribution in [2.24, 2.45) is 0 Å². The maximum atomic E-state index is 6.71. The zero-order valence-corrected chi connectivity index (χ0v) is 20.1. The zero-order valence-electron chi connectivity index (χ0n) is 19.1. The molecule has 30 heavy (non-hydrogen) atoms. The molecule has 2 heterocycles. The highest BCUT2D eigenvalue weighted by molar-refractivity contribution is 6.69. The van der Waals surface area contributed by atoms with Crippen LogP contribution in [0.4, 0.5) is 5.69 Å².